The molecule has 0 atom stereocenters. The first-order chi connectivity index (χ1) is 6.28. The van der Waals surface area contributed by atoms with E-state index in [9.17, 15) is 9.59 Å². The van der Waals surface area contributed by atoms with E-state index in [2.05, 4.69) is 22.0 Å². The fraction of sp³-hybridized carbons (Fsp3) is 0.667. The number of rotatable bonds is 0. The normalized spacial score (nSPS) is 31.1. The van der Waals surface area contributed by atoms with Crippen LogP contribution in [0.15, 0.2) is 0 Å². The molecule has 80 valence electrons. The number of carbonyl (C=O) groups excluding carboxylic acids is 2. The molecule has 0 bridgehead atoms. The first kappa shape index (κ1) is 10.2. The van der Waals surface area contributed by atoms with Crippen molar-refractivity contribution in [2.45, 2.75) is 0 Å². The Balaban J connectivity index is 2.51. The number of hydrogen-bond acceptors (Lipinski definition) is 2. The predicted molar refractivity (Wildman–Crippen MR) is 62.8 cm³/mol. The van der Waals surface area contributed by atoms with Crippen LogP contribution in [0.3, 0.4) is 0 Å². The van der Waals surface area contributed by atoms with Crippen molar-refractivity contribution in [3.8, 4) is 0 Å². The van der Waals surface area contributed by atoms with Gasteiger partial charge in [0.25, 0.3) is 0 Å². The molecule has 2 fully saturated rings. The Bertz CT molecular complexity index is 298. The third-order valence-corrected chi connectivity index (χ3v) is 15.7. The molecule has 0 aliphatic carbocycles. The van der Waals surface area contributed by atoms with E-state index in [0.717, 1.165) is 0 Å². The van der Waals surface area contributed by atoms with Gasteiger partial charge in [-0.2, -0.15) is 0 Å². The van der Waals surface area contributed by atoms with E-state index < -0.39 is 4.85 Å². The molecule has 4 amide bonds. The van der Waals surface area contributed by atoms with Gasteiger partial charge in [0.1, 0.15) is 0 Å². The number of carbonyl (C=O) groups is 2. The maximum absolute atomic E-state index is 11.5. The van der Waals surface area contributed by atoms with E-state index in [4.69, 9.17) is 0 Å². The molecular weight excluding hydrogens is 318 g/mol. The minimum absolute atomic E-state index is 0.0386. The van der Waals surface area contributed by atoms with Gasteiger partial charge in [-0.05, 0) is 0 Å². The SMILES string of the molecule is CN1C(=O)N(C)P12(I)N(C)C(=O)N2C. The number of nitrogens with zero attached hydrogens (tertiary/aromatic N) is 4. The Morgan fingerprint density at radius 3 is 1.29 bits per heavy atom. The Labute approximate surface area is 95.4 Å². The second kappa shape index (κ2) is 2.27. The van der Waals surface area contributed by atoms with E-state index >= 15 is 0 Å². The van der Waals surface area contributed by atoms with Crippen LogP contribution in [0, 0.1) is 0 Å². The molecule has 0 aromatic heterocycles. The van der Waals surface area contributed by atoms with Crippen LogP contribution in [-0.2, 0) is 0 Å². The van der Waals surface area contributed by atoms with Gasteiger partial charge in [-0.3, -0.25) is 0 Å². The molecule has 0 unspecified atom stereocenters. The van der Waals surface area contributed by atoms with Gasteiger partial charge in [0.15, 0.2) is 0 Å². The maximum atomic E-state index is 11.5. The second-order valence-electron chi connectivity index (χ2n) is 3.50. The summed E-state index contributed by atoms with van der Waals surface area (Å²) in [5.41, 5.74) is 0. The van der Waals surface area contributed by atoms with Crippen LogP contribution < -0.4 is 0 Å². The van der Waals surface area contributed by atoms with Gasteiger partial charge < -0.3 is 0 Å². The molecule has 1 spiro atoms. The third-order valence-electron chi connectivity index (χ3n) is 3.17. The first-order valence-electron chi connectivity index (χ1n) is 4.06. The summed E-state index contributed by atoms with van der Waals surface area (Å²) in [6, 6.07) is -0.0773. The summed E-state index contributed by atoms with van der Waals surface area (Å²) < 4.78 is 6.70. The van der Waals surface area contributed by atoms with Crippen LogP contribution in [0.2, 0.25) is 0 Å². The van der Waals surface area contributed by atoms with Gasteiger partial charge >= 0.3 is 95.4 Å². The fourth-order valence-electron chi connectivity index (χ4n) is 2.14. The molecule has 2 saturated heterocycles. The van der Waals surface area contributed by atoms with Gasteiger partial charge in [-0.15, -0.1) is 0 Å². The molecule has 14 heavy (non-hydrogen) atoms. The molecule has 6 nitrogen and oxygen atoms in total. The van der Waals surface area contributed by atoms with Crippen LogP contribution in [0.4, 0.5) is 9.59 Å². The van der Waals surface area contributed by atoms with Crippen molar-refractivity contribution in [3.05, 3.63) is 0 Å². The Morgan fingerprint density at radius 2 is 1.07 bits per heavy atom. The van der Waals surface area contributed by atoms with Gasteiger partial charge in [0, 0.05) is 0 Å². The van der Waals surface area contributed by atoms with Gasteiger partial charge in [-0.25, -0.2) is 0 Å². The van der Waals surface area contributed by atoms with E-state index in [1.165, 1.54) is 0 Å². The molecule has 0 N–H and O–H groups in total. The number of hydrogen-bond donors (Lipinski definition) is 0. The van der Waals surface area contributed by atoms with Crippen LogP contribution in [0.1, 0.15) is 0 Å². The Morgan fingerprint density at radius 1 is 0.857 bits per heavy atom. The van der Waals surface area contributed by atoms with Gasteiger partial charge in [-0.1, -0.05) is 0 Å². The van der Waals surface area contributed by atoms with Crippen LogP contribution >= 0.6 is 26.9 Å². The van der Waals surface area contributed by atoms with Crippen molar-refractivity contribution in [3.63, 3.8) is 0 Å². The minimum atomic E-state index is -2.70. The summed E-state index contributed by atoms with van der Waals surface area (Å²) in [5.74, 6) is 0. The standard InChI is InChI=1S/C6H12IN4O2P/c1-8-5(12)9(2)14(8,7)10(3)6(13)11(14)4/h1-4H3. The Hall–Kier alpha value is -0.300. The molecule has 0 aromatic rings. The molecule has 8 heteroatoms. The molecule has 0 radical (unpaired) electrons. The predicted octanol–water partition coefficient (Wildman–Crippen LogP) is 1.54. The number of urea groups is 2. The van der Waals surface area contributed by atoms with E-state index in [-0.39, 0.29) is 12.1 Å². The summed E-state index contributed by atoms with van der Waals surface area (Å²) in [6.07, 6.45) is 0. The van der Waals surface area contributed by atoms with Crippen molar-refractivity contribution in [1.82, 2.24) is 18.7 Å². The van der Waals surface area contributed by atoms with Crippen molar-refractivity contribution in [2.75, 3.05) is 28.2 Å². The van der Waals surface area contributed by atoms with Crippen molar-refractivity contribution in [1.29, 1.82) is 0 Å². The van der Waals surface area contributed by atoms with E-state index in [0.29, 0.717) is 0 Å². The first-order valence-corrected chi connectivity index (χ1v) is 8.89. The average Bonchev–Trinajstić information content (AvgIpc) is 2.23. The summed E-state index contributed by atoms with van der Waals surface area (Å²) in [5, 5.41) is 0. The molecular formula is C6H12IN4O2P. The second-order valence-corrected chi connectivity index (χ2v) is 12.8. The van der Waals surface area contributed by atoms with Gasteiger partial charge in [0.2, 0.25) is 0 Å². The molecule has 2 aliphatic rings. The van der Waals surface area contributed by atoms with Crippen molar-refractivity contribution in [2.24, 2.45) is 0 Å². The number of halogens is 1. The fourth-order valence-corrected chi connectivity index (χ4v) is 8.23. The van der Waals surface area contributed by atoms with Crippen molar-refractivity contribution < 1.29 is 9.59 Å². The van der Waals surface area contributed by atoms with Crippen LogP contribution in [-0.4, -0.2) is 58.9 Å². The zero-order valence-corrected chi connectivity index (χ0v) is 11.5. The zero-order chi connectivity index (χ0) is 10.9. The van der Waals surface area contributed by atoms with E-state index in [1.807, 2.05) is 0 Å². The van der Waals surface area contributed by atoms with E-state index in [1.54, 1.807) is 46.9 Å². The van der Waals surface area contributed by atoms with Crippen molar-refractivity contribution >= 4 is 39.0 Å². The zero-order valence-electron chi connectivity index (χ0n) is 8.43. The molecule has 0 aromatic carbocycles. The summed E-state index contributed by atoms with van der Waals surface area (Å²) in [6.45, 7) is 0. The molecule has 0 saturated carbocycles. The molecule has 2 rings (SSSR count). The summed E-state index contributed by atoms with van der Waals surface area (Å²) >= 11 is 2.24. The monoisotopic (exact) mass is 330 g/mol. The molecule has 2 aliphatic heterocycles. The van der Waals surface area contributed by atoms with Crippen LogP contribution in [0.5, 0.6) is 0 Å². The quantitative estimate of drug-likeness (QED) is 0.500. The number of amides is 4. The van der Waals surface area contributed by atoms with Gasteiger partial charge in [0.05, 0.1) is 0 Å². The average molecular weight is 330 g/mol. The third kappa shape index (κ3) is 0.589. The summed E-state index contributed by atoms with van der Waals surface area (Å²) in [4.78, 5) is 20.3. The molecule has 2 heterocycles. The summed E-state index contributed by atoms with van der Waals surface area (Å²) in [7, 11) is 6.97. The Kier molecular flexibility index (Phi) is 1.65. The topological polar surface area (TPSA) is 47.1 Å². The van der Waals surface area contributed by atoms with Crippen LogP contribution in [0.25, 0.3) is 0 Å².